The Bertz CT molecular complexity index is 824. The predicted octanol–water partition coefficient (Wildman–Crippen LogP) is 2.46. The number of nitrogens with one attached hydrogen (secondary N) is 1. The van der Waals surface area contributed by atoms with Crippen LogP contribution in [0, 0.1) is 12.8 Å². The lowest BCUT2D eigenvalue weighted by Gasteiger charge is -2.31. The van der Waals surface area contributed by atoms with Crippen LogP contribution in [0.15, 0.2) is 24.4 Å². The molecule has 3 rings (SSSR count). The standard InChI is InChI=1S/C19H22N2O4/c1-3-25-19(24)13-7-5-9-21(11-13)18(23)17(22)15-10-20-16-12(2)6-4-8-14(15)16/h4,6,8,10,13,20H,3,5,7,9,11H2,1-2H3. The summed E-state index contributed by atoms with van der Waals surface area (Å²) in [7, 11) is 0. The van der Waals surface area contributed by atoms with E-state index in [4.69, 9.17) is 4.74 Å². The normalized spacial score (nSPS) is 17.5. The number of aromatic amines is 1. The highest BCUT2D eigenvalue weighted by Crippen LogP contribution is 2.24. The van der Waals surface area contributed by atoms with Crippen LogP contribution in [0.1, 0.15) is 35.7 Å². The fourth-order valence-corrected chi connectivity index (χ4v) is 3.37. The number of hydrogen-bond acceptors (Lipinski definition) is 4. The van der Waals surface area contributed by atoms with Gasteiger partial charge in [-0.1, -0.05) is 18.2 Å². The number of carbonyl (C=O) groups excluding carboxylic acids is 3. The fraction of sp³-hybridized carbons (Fsp3) is 0.421. The largest absolute Gasteiger partial charge is 0.466 e. The number of aryl methyl sites for hydroxylation is 1. The Balaban J connectivity index is 1.79. The van der Waals surface area contributed by atoms with Crippen LogP contribution in [-0.2, 0) is 14.3 Å². The molecule has 0 saturated carbocycles. The summed E-state index contributed by atoms with van der Waals surface area (Å²) in [6.45, 7) is 4.75. The summed E-state index contributed by atoms with van der Waals surface area (Å²) in [6.07, 6.45) is 2.96. The summed E-state index contributed by atoms with van der Waals surface area (Å²) in [5.74, 6) is -1.75. The first-order valence-electron chi connectivity index (χ1n) is 8.59. The van der Waals surface area contributed by atoms with Crippen molar-refractivity contribution in [3.05, 3.63) is 35.5 Å². The molecule has 25 heavy (non-hydrogen) atoms. The van der Waals surface area contributed by atoms with Crippen molar-refractivity contribution in [2.45, 2.75) is 26.7 Å². The predicted molar refractivity (Wildman–Crippen MR) is 93.3 cm³/mol. The summed E-state index contributed by atoms with van der Waals surface area (Å²) >= 11 is 0. The Morgan fingerprint density at radius 3 is 2.88 bits per heavy atom. The van der Waals surface area contributed by atoms with Gasteiger partial charge in [0.05, 0.1) is 18.1 Å². The number of rotatable bonds is 4. The number of fused-ring (bicyclic) bond motifs is 1. The number of carbonyl (C=O) groups is 3. The number of ether oxygens (including phenoxy) is 1. The van der Waals surface area contributed by atoms with Gasteiger partial charge in [-0.15, -0.1) is 0 Å². The minimum absolute atomic E-state index is 0.241. The molecule has 1 aliphatic heterocycles. The number of aromatic nitrogens is 1. The van der Waals surface area contributed by atoms with Gasteiger partial charge in [0, 0.05) is 30.2 Å². The Morgan fingerprint density at radius 2 is 2.12 bits per heavy atom. The van der Waals surface area contributed by atoms with Gasteiger partial charge in [0.2, 0.25) is 0 Å². The van der Waals surface area contributed by atoms with E-state index in [0.29, 0.717) is 31.6 Å². The summed E-state index contributed by atoms with van der Waals surface area (Å²) < 4.78 is 5.05. The van der Waals surface area contributed by atoms with Crippen LogP contribution >= 0.6 is 0 Å². The molecule has 1 saturated heterocycles. The molecule has 6 nitrogen and oxygen atoms in total. The van der Waals surface area contributed by atoms with Crippen LogP contribution < -0.4 is 0 Å². The molecule has 0 spiro atoms. The van der Waals surface area contributed by atoms with Gasteiger partial charge in [-0.25, -0.2) is 0 Å². The first-order valence-corrected chi connectivity index (χ1v) is 8.59. The minimum atomic E-state index is -0.559. The molecule has 1 unspecified atom stereocenters. The quantitative estimate of drug-likeness (QED) is 0.526. The molecule has 1 amide bonds. The van der Waals surface area contributed by atoms with Gasteiger partial charge in [-0.2, -0.15) is 0 Å². The molecular weight excluding hydrogens is 320 g/mol. The summed E-state index contributed by atoms with van der Waals surface area (Å²) in [6, 6.07) is 5.64. The molecular formula is C19H22N2O4. The lowest BCUT2D eigenvalue weighted by Crippen LogP contribution is -2.45. The van der Waals surface area contributed by atoms with Crippen LogP contribution in [0.25, 0.3) is 10.9 Å². The molecule has 2 heterocycles. The highest BCUT2D eigenvalue weighted by atomic mass is 16.5. The van der Waals surface area contributed by atoms with Crippen molar-refractivity contribution >= 4 is 28.6 Å². The number of ketones is 1. The fourth-order valence-electron chi connectivity index (χ4n) is 3.37. The second-order valence-electron chi connectivity index (χ2n) is 6.37. The van der Waals surface area contributed by atoms with Gasteiger partial charge in [-0.05, 0) is 32.3 Å². The molecule has 0 aliphatic carbocycles. The third kappa shape index (κ3) is 3.29. The van der Waals surface area contributed by atoms with E-state index in [1.807, 2.05) is 25.1 Å². The maximum absolute atomic E-state index is 12.7. The average Bonchev–Trinajstić information content (AvgIpc) is 3.06. The number of benzene rings is 1. The van der Waals surface area contributed by atoms with Gasteiger partial charge in [0.1, 0.15) is 0 Å². The molecule has 0 radical (unpaired) electrons. The molecule has 0 bridgehead atoms. The molecule has 1 atom stereocenters. The van der Waals surface area contributed by atoms with Gasteiger partial charge in [0.15, 0.2) is 0 Å². The zero-order valence-electron chi connectivity index (χ0n) is 14.5. The van der Waals surface area contributed by atoms with E-state index in [2.05, 4.69) is 4.98 Å². The van der Waals surface area contributed by atoms with Crippen molar-refractivity contribution in [3.8, 4) is 0 Å². The van der Waals surface area contributed by atoms with Gasteiger partial charge < -0.3 is 14.6 Å². The van der Waals surface area contributed by atoms with Gasteiger partial charge in [0.25, 0.3) is 11.7 Å². The number of hydrogen-bond donors (Lipinski definition) is 1. The third-order valence-electron chi connectivity index (χ3n) is 4.69. The topological polar surface area (TPSA) is 79.5 Å². The van der Waals surface area contributed by atoms with Crippen molar-refractivity contribution in [2.24, 2.45) is 5.92 Å². The highest BCUT2D eigenvalue weighted by Gasteiger charge is 2.33. The molecule has 6 heteroatoms. The number of piperidine rings is 1. The van der Waals surface area contributed by atoms with E-state index >= 15 is 0 Å². The van der Waals surface area contributed by atoms with E-state index < -0.39 is 11.7 Å². The Kier molecular flexibility index (Phi) is 4.88. The number of esters is 1. The van der Waals surface area contributed by atoms with E-state index in [9.17, 15) is 14.4 Å². The van der Waals surface area contributed by atoms with Crippen molar-refractivity contribution in [1.29, 1.82) is 0 Å². The highest BCUT2D eigenvalue weighted by molar-refractivity contribution is 6.44. The van der Waals surface area contributed by atoms with Crippen LogP contribution in [-0.4, -0.2) is 47.2 Å². The second-order valence-corrected chi connectivity index (χ2v) is 6.37. The van der Waals surface area contributed by atoms with E-state index in [-0.39, 0.29) is 18.4 Å². The third-order valence-corrected chi connectivity index (χ3v) is 4.69. The lowest BCUT2D eigenvalue weighted by atomic mass is 9.97. The Morgan fingerprint density at radius 1 is 1.32 bits per heavy atom. The van der Waals surface area contributed by atoms with Crippen LogP contribution in [0.2, 0.25) is 0 Å². The molecule has 1 N–H and O–H groups in total. The summed E-state index contributed by atoms with van der Waals surface area (Å²) in [5, 5.41) is 0.748. The van der Waals surface area contributed by atoms with Crippen LogP contribution in [0.4, 0.5) is 0 Å². The smallest absolute Gasteiger partial charge is 0.310 e. The number of amides is 1. The van der Waals surface area contributed by atoms with Gasteiger partial charge in [-0.3, -0.25) is 14.4 Å². The molecule has 1 aromatic heterocycles. The van der Waals surface area contributed by atoms with Crippen molar-refractivity contribution in [1.82, 2.24) is 9.88 Å². The van der Waals surface area contributed by atoms with Crippen molar-refractivity contribution < 1.29 is 19.1 Å². The van der Waals surface area contributed by atoms with E-state index in [1.54, 1.807) is 13.1 Å². The molecule has 132 valence electrons. The second kappa shape index (κ2) is 7.09. The summed E-state index contributed by atoms with van der Waals surface area (Å²) in [5.41, 5.74) is 2.26. The zero-order chi connectivity index (χ0) is 18.0. The number of nitrogens with zero attached hydrogens (tertiary/aromatic N) is 1. The van der Waals surface area contributed by atoms with E-state index in [0.717, 1.165) is 16.5 Å². The molecule has 1 aromatic carbocycles. The monoisotopic (exact) mass is 342 g/mol. The molecule has 1 aliphatic rings. The summed E-state index contributed by atoms with van der Waals surface area (Å²) in [4.78, 5) is 41.8. The number of likely N-dealkylation sites (tertiary alicyclic amines) is 1. The Hall–Kier alpha value is -2.63. The maximum Gasteiger partial charge on any atom is 0.310 e. The zero-order valence-corrected chi connectivity index (χ0v) is 14.5. The number of para-hydroxylation sites is 1. The number of H-pyrrole nitrogens is 1. The number of Topliss-reactive ketones (excluding diaryl/α,β-unsaturated/α-hetero) is 1. The van der Waals surface area contributed by atoms with Crippen molar-refractivity contribution in [3.63, 3.8) is 0 Å². The van der Waals surface area contributed by atoms with E-state index in [1.165, 1.54) is 4.90 Å². The molecule has 1 fully saturated rings. The SMILES string of the molecule is CCOC(=O)C1CCCN(C(=O)C(=O)c2c[nH]c3c(C)cccc23)C1. The average molecular weight is 342 g/mol. The molecule has 2 aromatic rings. The van der Waals surface area contributed by atoms with Crippen molar-refractivity contribution in [2.75, 3.05) is 19.7 Å². The minimum Gasteiger partial charge on any atom is -0.466 e. The first-order chi connectivity index (χ1) is 12.0. The van der Waals surface area contributed by atoms with Gasteiger partial charge >= 0.3 is 5.97 Å². The lowest BCUT2D eigenvalue weighted by molar-refractivity contribution is -0.150. The maximum atomic E-state index is 12.7. The van der Waals surface area contributed by atoms with Crippen LogP contribution in [0.3, 0.4) is 0 Å². The first kappa shape index (κ1) is 17.2. The van der Waals surface area contributed by atoms with Crippen LogP contribution in [0.5, 0.6) is 0 Å². The Labute approximate surface area is 146 Å².